The van der Waals surface area contributed by atoms with E-state index in [2.05, 4.69) is 51.6 Å². The van der Waals surface area contributed by atoms with E-state index < -0.39 is 0 Å². The third-order valence-corrected chi connectivity index (χ3v) is 2.03. The molecule has 0 saturated heterocycles. The molecule has 14 heavy (non-hydrogen) atoms. The van der Waals surface area contributed by atoms with E-state index in [0.29, 0.717) is 6.54 Å². The molecule has 3 nitrogen and oxygen atoms in total. The maximum Gasteiger partial charge on any atom is 0.126 e. The predicted octanol–water partition coefficient (Wildman–Crippen LogP) is 2.53. The molecule has 80 valence electrons. The van der Waals surface area contributed by atoms with Gasteiger partial charge in [-0.25, -0.2) is 5.01 Å². The molecule has 0 saturated carbocycles. The Morgan fingerprint density at radius 3 is 2.07 bits per heavy atom. The average Bonchev–Trinajstić information content (AvgIpc) is 2.01. The van der Waals surface area contributed by atoms with Crippen molar-refractivity contribution in [1.82, 2.24) is 5.01 Å². The Labute approximate surface area is 86.9 Å². The SMILES string of the molecule is CC(C)(C)C1=NCC=NN1C(C)(C)C. The van der Waals surface area contributed by atoms with Crippen LogP contribution < -0.4 is 0 Å². The zero-order valence-corrected chi connectivity index (χ0v) is 10.1. The fourth-order valence-electron chi connectivity index (χ4n) is 1.41. The van der Waals surface area contributed by atoms with E-state index in [1.807, 2.05) is 11.2 Å². The van der Waals surface area contributed by atoms with Crippen LogP contribution in [-0.2, 0) is 0 Å². The molecule has 0 bridgehead atoms. The van der Waals surface area contributed by atoms with E-state index in [4.69, 9.17) is 0 Å². The van der Waals surface area contributed by atoms with Crippen molar-refractivity contribution < 1.29 is 0 Å². The van der Waals surface area contributed by atoms with Gasteiger partial charge in [0.2, 0.25) is 0 Å². The van der Waals surface area contributed by atoms with Crippen molar-refractivity contribution in [2.24, 2.45) is 15.5 Å². The number of hydrazone groups is 1. The molecule has 1 rings (SSSR count). The van der Waals surface area contributed by atoms with Crippen LogP contribution in [0.4, 0.5) is 0 Å². The van der Waals surface area contributed by atoms with Crippen molar-refractivity contribution in [1.29, 1.82) is 0 Å². The number of rotatable bonds is 0. The highest BCUT2D eigenvalue weighted by Gasteiger charge is 2.32. The van der Waals surface area contributed by atoms with E-state index in [-0.39, 0.29) is 11.0 Å². The standard InChI is InChI=1S/C11H21N3/c1-10(2,3)9-12-7-8-13-14(9)11(4,5)6/h8H,7H2,1-6H3. The van der Waals surface area contributed by atoms with Crippen molar-refractivity contribution >= 4 is 12.1 Å². The molecule has 0 aromatic heterocycles. The fraction of sp³-hybridized carbons (Fsp3) is 0.818. The third-order valence-electron chi connectivity index (χ3n) is 2.03. The minimum Gasteiger partial charge on any atom is -0.264 e. The Balaban J connectivity index is 2.99. The van der Waals surface area contributed by atoms with E-state index in [1.165, 1.54) is 0 Å². The Hall–Kier alpha value is -0.860. The van der Waals surface area contributed by atoms with Gasteiger partial charge in [-0.15, -0.1) is 0 Å². The van der Waals surface area contributed by atoms with Crippen LogP contribution in [-0.4, -0.2) is 29.1 Å². The van der Waals surface area contributed by atoms with Crippen LogP contribution in [0.3, 0.4) is 0 Å². The second-order valence-electron chi connectivity index (χ2n) is 5.69. The van der Waals surface area contributed by atoms with Crippen molar-refractivity contribution in [2.75, 3.05) is 6.54 Å². The van der Waals surface area contributed by atoms with Crippen molar-refractivity contribution in [2.45, 2.75) is 47.1 Å². The highest BCUT2D eigenvalue weighted by Crippen LogP contribution is 2.26. The molecule has 0 aromatic carbocycles. The summed E-state index contributed by atoms with van der Waals surface area (Å²) in [4.78, 5) is 4.54. The summed E-state index contributed by atoms with van der Waals surface area (Å²) in [5.74, 6) is 1.08. The van der Waals surface area contributed by atoms with Gasteiger partial charge >= 0.3 is 0 Å². The van der Waals surface area contributed by atoms with E-state index >= 15 is 0 Å². The van der Waals surface area contributed by atoms with Gasteiger partial charge in [-0.05, 0) is 20.8 Å². The molecule has 0 amide bonds. The number of hydrogen-bond donors (Lipinski definition) is 0. The first-order chi connectivity index (χ1) is 6.23. The third kappa shape index (κ3) is 2.34. The first-order valence-corrected chi connectivity index (χ1v) is 5.10. The number of aliphatic imine (C=N–C) groups is 1. The lowest BCUT2D eigenvalue weighted by Crippen LogP contribution is -2.48. The van der Waals surface area contributed by atoms with Crippen LogP contribution >= 0.6 is 0 Å². The molecule has 3 heteroatoms. The monoisotopic (exact) mass is 195 g/mol. The average molecular weight is 195 g/mol. The van der Waals surface area contributed by atoms with Gasteiger partial charge in [-0.1, -0.05) is 20.8 Å². The number of nitrogens with zero attached hydrogens (tertiary/aromatic N) is 3. The van der Waals surface area contributed by atoms with Gasteiger partial charge in [0.1, 0.15) is 5.84 Å². The lowest BCUT2D eigenvalue weighted by Gasteiger charge is -2.40. The van der Waals surface area contributed by atoms with Crippen LogP contribution in [0.5, 0.6) is 0 Å². The second kappa shape index (κ2) is 3.37. The summed E-state index contributed by atoms with van der Waals surface area (Å²) >= 11 is 0. The lowest BCUT2D eigenvalue weighted by molar-refractivity contribution is 0.223. The molecule has 0 atom stereocenters. The van der Waals surface area contributed by atoms with E-state index in [0.717, 1.165) is 5.84 Å². The Morgan fingerprint density at radius 2 is 1.71 bits per heavy atom. The highest BCUT2D eigenvalue weighted by atomic mass is 15.5. The highest BCUT2D eigenvalue weighted by molar-refractivity contribution is 5.90. The van der Waals surface area contributed by atoms with Crippen molar-refractivity contribution in [3.8, 4) is 0 Å². The van der Waals surface area contributed by atoms with Gasteiger partial charge in [0, 0.05) is 11.6 Å². The zero-order valence-electron chi connectivity index (χ0n) is 10.1. The lowest BCUT2D eigenvalue weighted by atomic mass is 9.92. The van der Waals surface area contributed by atoms with Crippen LogP contribution in [0.1, 0.15) is 41.5 Å². The van der Waals surface area contributed by atoms with Crippen LogP contribution in [0.2, 0.25) is 0 Å². The van der Waals surface area contributed by atoms with Gasteiger partial charge in [0.05, 0.1) is 12.1 Å². The summed E-state index contributed by atoms with van der Waals surface area (Å²) in [7, 11) is 0. The van der Waals surface area contributed by atoms with E-state index in [9.17, 15) is 0 Å². The molecule has 0 radical (unpaired) electrons. The fourth-order valence-corrected chi connectivity index (χ4v) is 1.41. The molecule has 0 fully saturated rings. The van der Waals surface area contributed by atoms with Gasteiger partial charge in [-0.3, -0.25) is 4.99 Å². The van der Waals surface area contributed by atoms with Crippen molar-refractivity contribution in [3.05, 3.63) is 0 Å². The summed E-state index contributed by atoms with van der Waals surface area (Å²) in [6.45, 7) is 13.7. The summed E-state index contributed by atoms with van der Waals surface area (Å²) in [6, 6.07) is 0. The van der Waals surface area contributed by atoms with Crippen LogP contribution in [0, 0.1) is 5.41 Å². The molecule has 0 unspecified atom stereocenters. The smallest absolute Gasteiger partial charge is 0.126 e. The number of amidine groups is 1. The minimum absolute atomic E-state index is 0.00301. The predicted molar refractivity (Wildman–Crippen MR) is 61.8 cm³/mol. The molecule has 0 N–H and O–H groups in total. The maximum absolute atomic E-state index is 4.54. The zero-order chi connectivity index (χ0) is 11.0. The minimum atomic E-state index is 0.00301. The Bertz CT molecular complexity index is 263. The Morgan fingerprint density at radius 1 is 1.14 bits per heavy atom. The molecule has 1 aliphatic heterocycles. The van der Waals surface area contributed by atoms with Crippen LogP contribution in [0.15, 0.2) is 10.1 Å². The topological polar surface area (TPSA) is 28.0 Å². The van der Waals surface area contributed by atoms with Gasteiger partial charge < -0.3 is 0 Å². The second-order valence-corrected chi connectivity index (χ2v) is 5.69. The van der Waals surface area contributed by atoms with Crippen LogP contribution in [0.25, 0.3) is 0 Å². The first-order valence-electron chi connectivity index (χ1n) is 5.10. The Kier molecular flexibility index (Phi) is 2.70. The molecule has 0 spiro atoms. The quantitative estimate of drug-likeness (QED) is 0.583. The molecule has 1 heterocycles. The summed E-state index contributed by atoms with van der Waals surface area (Å²) in [6.07, 6.45) is 1.86. The van der Waals surface area contributed by atoms with Gasteiger partial charge in [0.15, 0.2) is 0 Å². The van der Waals surface area contributed by atoms with E-state index in [1.54, 1.807) is 0 Å². The summed E-state index contributed by atoms with van der Waals surface area (Å²) < 4.78 is 0. The van der Waals surface area contributed by atoms with Gasteiger partial charge in [-0.2, -0.15) is 5.10 Å². The molecule has 1 aliphatic rings. The van der Waals surface area contributed by atoms with Gasteiger partial charge in [0.25, 0.3) is 0 Å². The first kappa shape index (κ1) is 11.2. The largest absolute Gasteiger partial charge is 0.264 e. The summed E-state index contributed by atoms with van der Waals surface area (Å²) in [5.41, 5.74) is 0.0636. The normalized spacial score (nSPS) is 18.4. The summed E-state index contributed by atoms with van der Waals surface area (Å²) in [5, 5.41) is 6.45. The maximum atomic E-state index is 4.54. The molecular formula is C11H21N3. The van der Waals surface area contributed by atoms with Crippen molar-refractivity contribution in [3.63, 3.8) is 0 Å². The molecule has 0 aromatic rings. The molecule has 0 aliphatic carbocycles. The number of hydrogen-bond acceptors (Lipinski definition) is 3. The molecular weight excluding hydrogens is 174 g/mol.